The number of anilines is 1. The first-order valence-electron chi connectivity index (χ1n) is 6.64. The van der Waals surface area contributed by atoms with E-state index in [1.807, 2.05) is 0 Å². The van der Waals surface area contributed by atoms with Crippen LogP contribution in [0.15, 0.2) is 29.2 Å². The van der Waals surface area contributed by atoms with E-state index in [0.29, 0.717) is 19.0 Å². The number of hydrogen-bond acceptors (Lipinski definition) is 5. The summed E-state index contributed by atoms with van der Waals surface area (Å²) in [7, 11) is 0. The first-order chi connectivity index (χ1) is 9.72. The minimum absolute atomic E-state index is 0.534. The monoisotopic (exact) mass is 287 g/mol. The van der Waals surface area contributed by atoms with E-state index in [1.165, 1.54) is 10.5 Å². The van der Waals surface area contributed by atoms with E-state index in [9.17, 15) is 0 Å². The molecule has 0 atom stereocenters. The highest BCUT2D eigenvalue weighted by molar-refractivity contribution is 7.98. The van der Waals surface area contributed by atoms with E-state index in [-0.39, 0.29) is 0 Å². The normalized spacial score (nSPS) is 14.1. The second kappa shape index (κ2) is 5.81. The van der Waals surface area contributed by atoms with Crippen molar-refractivity contribution in [1.82, 2.24) is 9.97 Å². The molecule has 2 N–H and O–H groups in total. The predicted molar refractivity (Wildman–Crippen MR) is 80.5 cm³/mol. The number of ether oxygens (including phenoxy) is 1. The third-order valence-corrected chi connectivity index (χ3v) is 4.25. The van der Waals surface area contributed by atoms with Crippen LogP contribution in [0.1, 0.15) is 22.6 Å². The van der Waals surface area contributed by atoms with Crippen molar-refractivity contribution in [3.8, 4) is 0 Å². The topological polar surface area (TPSA) is 61.0 Å². The first-order valence-corrected chi connectivity index (χ1v) is 7.62. The SMILES string of the molecule is Cc1cccc(SCc2nc(N)c3c(n2)CCOC3)c1. The van der Waals surface area contributed by atoms with Crippen LogP contribution in [-0.2, 0) is 23.5 Å². The van der Waals surface area contributed by atoms with E-state index in [4.69, 9.17) is 10.5 Å². The van der Waals surface area contributed by atoms with Crippen LogP contribution in [-0.4, -0.2) is 16.6 Å². The summed E-state index contributed by atoms with van der Waals surface area (Å²) >= 11 is 1.74. The Labute approximate surface area is 122 Å². The summed E-state index contributed by atoms with van der Waals surface area (Å²) in [5.74, 6) is 2.10. The number of nitrogens with zero attached hydrogens (tertiary/aromatic N) is 2. The molecule has 0 aliphatic carbocycles. The Kier molecular flexibility index (Phi) is 3.89. The Bertz CT molecular complexity index is 631. The van der Waals surface area contributed by atoms with Crippen molar-refractivity contribution < 1.29 is 4.74 Å². The van der Waals surface area contributed by atoms with Crippen LogP contribution in [0.4, 0.5) is 5.82 Å². The Balaban J connectivity index is 1.76. The summed E-state index contributed by atoms with van der Waals surface area (Å²) in [5.41, 5.74) is 9.26. The van der Waals surface area contributed by atoms with Gasteiger partial charge in [-0.3, -0.25) is 0 Å². The van der Waals surface area contributed by atoms with Gasteiger partial charge in [-0.1, -0.05) is 17.7 Å². The number of benzene rings is 1. The zero-order valence-electron chi connectivity index (χ0n) is 11.4. The van der Waals surface area contributed by atoms with E-state index < -0.39 is 0 Å². The molecule has 0 saturated carbocycles. The fraction of sp³-hybridized carbons (Fsp3) is 0.333. The number of thioether (sulfide) groups is 1. The van der Waals surface area contributed by atoms with Gasteiger partial charge in [0.2, 0.25) is 0 Å². The van der Waals surface area contributed by atoms with Crippen molar-refractivity contribution in [3.63, 3.8) is 0 Å². The van der Waals surface area contributed by atoms with Crippen LogP contribution in [0.3, 0.4) is 0 Å². The highest BCUT2D eigenvalue weighted by Crippen LogP contribution is 2.25. The van der Waals surface area contributed by atoms with Gasteiger partial charge in [-0.2, -0.15) is 0 Å². The van der Waals surface area contributed by atoms with E-state index in [1.54, 1.807) is 11.8 Å². The third kappa shape index (κ3) is 2.94. The molecule has 4 nitrogen and oxygen atoms in total. The predicted octanol–water partition coefficient (Wildman–Crippen LogP) is 2.73. The fourth-order valence-electron chi connectivity index (χ4n) is 2.23. The molecule has 3 rings (SSSR count). The maximum absolute atomic E-state index is 5.99. The number of aromatic nitrogens is 2. The molecule has 1 aromatic carbocycles. The second-order valence-corrected chi connectivity index (χ2v) is 5.91. The Morgan fingerprint density at radius 2 is 2.25 bits per heavy atom. The average Bonchev–Trinajstić information content (AvgIpc) is 2.45. The van der Waals surface area contributed by atoms with Crippen LogP contribution in [0.25, 0.3) is 0 Å². The van der Waals surface area contributed by atoms with Gasteiger partial charge in [0, 0.05) is 16.9 Å². The van der Waals surface area contributed by atoms with Crippen LogP contribution in [0, 0.1) is 6.92 Å². The summed E-state index contributed by atoms with van der Waals surface area (Å²) in [6.45, 7) is 3.35. The summed E-state index contributed by atoms with van der Waals surface area (Å²) in [5, 5.41) is 0. The minimum atomic E-state index is 0.534. The first kappa shape index (κ1) is 13.4. The van der Waals surface area contributed by atoms with Crippen LogP contribution < -0.4 is 5.73 Å². The lowest BCUT2D eigenvalue weighted by atomic mass is 10.1. The molecular formula is C15H17N3OS. The van der Waals surface area contributed by atoms with Crippen LogP contribution in [0.2, 0.25) is 0 Å². The molecule has 1 aliphatic rings. The van der Waals surface area contributed by atoms with Gasteiger partial charge >= 0.3 is 0 Å². The number of rotatable bonds is 3. The van der Waals surface area contributed by atoms with Crippen molar-refractivity contribution in [2.45, 2.75) is 30.6 Å². The zero-order valence-corrected chi connectivity index (χ0v) is 12.2. The molecule has 1 aromatic heterocycles. The maximum atomic E-state index is 5.99. The fourth-order valence-corrected chi connectivity index (χ4v) is 3.10. The maximum Gasteiger partial charge on any atom is 0.141 e. The molecule has 0 fully saturated rings. The lowest BCUT2D eigenvalue weighted by molar-refractivity contribution is 0.109. The number of aryl methyl sites for hydroxylation is 1. The molecule has 5 heteroatoms. The largest absolute Gasteiger partial charge is 0.383 e. The minimum Gasteiger partial charge on any atom is -0.383 e. The van der Waals surface area contributed by atoms with Gasteiger partial charge in [-0.15, -0.1) is 11.8 Å². The lowest BCUT2D eigenvalue weighted by Gasteiger charge is -2.17. The van der Waals surface area contributed by atoms with Gasteiger partial charge in [-0.25, -0.2) is 9.97 Å². The average molecular weight is 287 g/mol. The quantitative estimate of drug-likeness (QED) is 0.880. The molecule has 0 spiro atoms. The molecular weight excluding hydrogens is 270 g/mol. The summed E-state index contributed by atoms with van der Waals surface area (Å²) in [4.78, 5) is 10.2. The van der Waals surface area contributed by atoms with Gasteiger partial charge in [-0.05, 0) is 19.1 Å². The van der Waals surface area contributed by atoms with Crippen molar-refractivity contribution in [3.05, 3.63) is 46.9 Å². The Morgan fingerprint density at radius 3 is 3.10 bits per heavy atom. The third-order valence-electron chi connectivity index (χ3n) is 3.26. The molecule has 0 unspecified atom stereocenters. The standard InChI is InChI=1S/C15H17N3OS/c1-10-3-2-4-11(7-10)20-9-14-17-13-5-6-19-8-12(13)15(16)18-14/h2-4,7H,5-6,8-9H2,1H3,(H2,16,17,18). The van der Waals surface area contributed by atoms with Gasteiger partial charge in [0.25, 0.3) is 0 Å². The zero-order chi connectivity index (χ0) is 13.9. The van der Waals surface area contributed by atoms with E-state index in [0.717, 1.165) is 29.3 Å². The molecule has 20 heavy (non-hydrogen) atoms. The van der Waals surface area contributed by atoms with Gasteiger partial charge < -0.3 is 10.5 Å². The molecule has 0 amide bonds. The summed E-state index contributed by atoms with van der Waals surface area (Å²) in [6.07, 6.45) is 0.824. The van der Waals surface area contributed by atoms with E-state index in [2.05, 4.69) is 41.2 Å². The molecule has 1 aliphatic heterocycles. The summed E-state index contributed by atoms with van der Waals surface area (Å²) in [6, 6.07) is 8.43. The molecule has 0 radical (unpaired) electrons. The van der Waals surface area contributed by atoms with Gasteiger partial charge in [0.05, 0.1) is 24.7 Å². The number of hydrogen-bond donors (Lipinski definition) is 1. The number of nitrogens with two attached hydrogens (primary N) is 1. The molecule has 2 aromatic rings. The summed E-state index contributed by atoms with van der Waals surface area (Å²) < 4.78 is 5.39. The van der Waals surface area contributed by atoms with Crippen molar-refractivity contribution in [2.75, 3.05) is 12.3 Å². The second-order valence-electron chi connectivity index (χ2n) is 4.86. The molecule has 2 heterocycles. The van der Waals surface area contributed by atoms with Crippen molar-refractivity contribution >= 4 is 17.6 Å². The van der Waals surface area contributed by atoms with Crippen LogP contribution >= 0.6 is 11.8 Å². The van der Waals surface area contributed by atoms with Gasteiger partial charge in [0.1, 0.15) is 11.6 Å². The molecule has 0 bridgehead atoms. The highest BCUT2D eigenvalue weighted by atomic mass is 32.2. The van der Waals surface area contributed by atoms with Gasteiger partial charge in [0.15, 0.2) is 0 Å². The Hall–Kier alpha value is -1.59. The molecule has 0 saturated heterocycles. The van der Waals surface area contributed by atoms with Crippen molar-refractivity contribution in [2.24, 2.45) is 0 Å². The van der Waals surface area contributed by atoms with E-state index >= 15 is 0 Å². The number of fused-ring (bicyclic) bond motifs is 1. The van der Waals surface area contributed by atoms with Crippen LogP contribution in [0.5, 0.6) is 0 Å². The molecule has 104 valence electrons. The smallest absolute Gasteiger partial charge is 0.141 e. The number of nitrogen functional groups attached to an aromatic ring is 1. The highest BCUT2D eigenvalue weighted by Gasteiger charge is 2.16. The van der Waals surface area contributed by atoms with Crippen molar-refractivity contribution in [1.29, 1.82) is 0 Å². The lowest BCUT2D eigenvalue weighted by Crippen LogP contribution is -2.16. The Morgan fingerprint density at radius 1 is 1.35 bits per heavy atom.